The smallest absolute Gasteiger partial charge is 0.335 e. The van der Waals surface area contributed by atoms with Gasteiger partial charge in [-0.25, -0.2) is 4.79 Å². The number of carboxylic acid groups (broad SMARTS) is 1. The quantitative estimate of drug-likeness (QED) is 0.771. The van der Waals surface area contributed by atoms with Crippen molar-refractivity contribution in [1.82, 2.24) is 0 Å². The van der Waals surface area contributed by atoms with Crippen LogP contribution in [0.15, 0.2) is 66.7 Å². The summed E-state index contributed by atoms with van der Waals surface area (Å²) in [6, 6.07) is 19.4. The van der Waals surface area contributed by atoms with Gasteiger partial charge < -0.3 is 10.4 Å². The third-order valence-electron chi connectivity index (χ3n) is 3.40. The SMILES string of the molecule is O=C(O)c1ccc(C(=O)Nc2ccc3ccccc3c2)cc1. The number of rotatable bonds is 3. The minimum atomic E-state index is -1.01. The van der Waals surface area contributed by atoms with Crippen molar-refractivity contribution in [3.63, 3.8) is 0 Å². The molecule has 4 heteroatoms. The molecule has 0 unspecified atom stereocenters. The monoisotopic (exact) mass is 291 g/mol. The molecule has 0 heterocycles. The average molecular weight is 291 g/mol. The van der Waals surface area contributed by atoms with E-state index in [4.69, 9.17) is 5.11 Å². The Morgan fingerprint density at radius 3 is 2.09 bits per heavy atom. The van der Waals surface area contributed by atoms with Gasteiger partial charge in [0.25, 0.3) is 5.91 Å². The number of carboxylic acids is 1. The third-order valence-corrected chi connectivity index (χ3v) is 3.40. The largest absolute Gasteiger partial charge is 0.478 e. The molecule has 0 aromatic heterocycles. The summed E-state index contributed by atoms with van der Waals surface area (Å²) < 4.78 is 0. The predicted molar refractivity (Wildman–Crippen MR) is 85.3 cm³/mol. The van der Waals surface area contributed by atoms with E-state index in [9.17, 15) is 9.59 Å². The summed E-state index contributed by atoms with van der Waals surface area (Å²) in [6.07, 6.45) is 0. The first-order valence-corrected chi connectivity index (χ1v) is 6.77. The van der Waals surface area contributed by atoms with Crippen molar-refractivity contribution in [2.24, 2.45) is 0 Å². The molecular weight excluding hydrogens is 278 g/mol. The van der Waals surface area contributed by atoms with E-state index < -0.39 is 5.97 Å². The molecule has 0 aliphatic rings. The van der Waals surface area contributed by atoms with Gasteiger partial charge in [-0.15, -0.1) is 0 Å². The van der Waals surface area contributed by atoms with Gasteiger partial charge in [0, 0.05) is 11.3 Å². The van der Waals surface area contributed by atoms with Crippen LogP contribution < -0.4 is 5.32 Å². The van der Waals surface area contributed by atoms with Crippen molar-refractivity contribution in [3.8, 4) is 0 Å². The molecule has 0 spiro atoms. The molecular formula is C18H13NO3. The zero-order chi connectivity index (χ0) is 15.5. The van der Waals surface area contributed by atoms with Crippen molar-refractivity contribution in [1.29, 1.82) is 0 Å². The van der Waals surface area contributed by atoms with Gasteiger partial charge in [0.1, 0.15) is 0 Å². The number of fused-ring (bicyclic) bond motifs is 1. The minimum absolute atomic E-state index is 0.155. The van der Waals surface area contributed by atoms with Crippen molar-refractivity contribution < 1.29 is 14.7 Å². The van der Waals surface area contributed by atoms with Crippen LogP contribution in [0.1, 0.15) is 20.7 Å². The van der Waals surface area contributed by atoms with Crippen LogP contribution in [-0.2, 0) is 0 Å². The average Bonchev–Trinajstić information content (AvgIpc) is 2.55. The molecule has 3 aromatic carbocycles. The molecule has 3 rings (SSSR count). The number of carbonyl (C=O) groups is 2. The Bertz CT molecular complexity index is 854. The van der Waals surface area contributed by atoms with Gasteiger partial charge in [0.15, 0.2) is 0 Å². The van der Waals surface area contributed by atoms with Crippen LogP contribution in [0.5, 0.6) is 0 Å². The Morgan fingerprint density at radius 1 is 0.773 bits per heavy atom. The number of nitrogens with one attached hydrogen (secondary N) is 1. The molecule has 3 aromatic rings. The van der Waals surface area contributed by atoms with Crippen LogP contribution in [0.2, 0.25) is 0 Å². The first-order chi connectivity index (χ1) is 10.6. The first-order valence-electron chi connectivity index (χ1n) is 6.77. The molecule has 0 saturated carbocycles. The fourth-order valence-corrected chi connectivity index (χ4v) is 2.23. The Hall–Kier alpha value is -3.14. The molecule has 0 fully saturated rings. The highest BCUT2D eigenvalue weighted by atomic mass is 16.4. The summed E-state index contributed by atoms with van der Waals surface area (Å²) in [6.45, 7) is 0. The lowest BCUT2D eigenvalue weighted by molar-refractivity contribution is 0.0696. The summed E-state index contributed by atoms with van der Waals surface area (Å²) in [7, 11) is 0. The van der Waals surface area contributed by atoms with E-state index >= 15 is 0 Å². The predicted octanol–water partition coefficient (Wildman–Crippen LogP) is 3.79. The number of aromatic carboxylic acids is 1. The molecule has 0 aliphatic heterocycles. The number of benzene rings is 3. The number of anilines is 1. The topological polar surface area (TPSA) is 66.4 Å². The second-order valence-corrected chi connectivity index (χ2v) is 4.90. The van der Waals surface area contributed by atoms with Gasteiger partial charge in [-0.2, -0.15) is 0 Å². The van der Waals surface area contributed by atoms with Crippen molar-refractivity contribution in [2.45, 2.75) is 0 Å². The highest BCUT2D eigenvalue weighted by Gasteiger charge is 2.08. The fraction of sp³-hybridized carbons (Fsp3) is 0. The number of amides is 1. The van der Waals surface area contributed by atoms with E-state index in [1.807, 2.05) is 42.5 Å². The summed E-state index contributed by atoms with van der Waals surface area (Å²) in [5.41, 5.74) is 1.27. The van der Waals surface area contributed by atoms with E-state index in [1.54, 1.807) is 0 Å². The molecule has 2 N–H and O–H groups in total. The number of carbonyl (C=O) groups excluding carboxylic acids is 1. The standard InChI is InChI=1S/C18H13NO3/c20-17(13-5-7-14(8-6-13)18(21)22)19-16-10-9-12-3-1-2-4-15(12)11-16/h1-11H,(H,19,20)(H,21,22). The lowest BCUT2D eigenvalue weighted by Crippen LogP contribution is -2.12. The molecule has 108 valence electrons. The molecule has 0 radical (unpaired) electrons. The lowest BCUT2D eigenvalue weighted by atomic mass is 10.1. The number of hydrogen-bond donors (Lipinski definition) is 2. The van der Waals surface area contributed by atoms with Crippen molar-refractivity contribution in [2.75, 3.05) is 5.32 Å². The Balaban J connectivity index is 1.81. The Morgan fingerprint density at radius 2 is 1.41 bits per heavy atom. The van der Waals surface area contributed by atoms with Crippen LogP contribution in [0.25, 0.3) is 10.8 Å². The highest BCUT2D eigenvalue weighted by molar-refractivity contribution is 6.05. The second kappa shape index (κ2) is 5.69. The van der Waals surface area contributed by atoms with Crippen LogP contribution >= 0.6 is 0 Å². The maximum atomic E-state index is 12.2. The molecule has 4 nitrogen and oxygen atoms in total. The lowest BCUT2D eigenvalue weighted by Gasteiger charge is -2.07. The first kappa shape index (κ1) is 13.8. The van der Waals surface area contributed by atoms with Gasteiger partial charge in [0.2, 0.25) is 0 Å². The van der Waals surface area contributed by atoms with Crippen LogP contribution in [0.4, 0.5) is 5.69 Å². The second-order valence-electron chi connectivity index (χ2n) is 4.90. The van der Waals surface area contributed by atoms with E-state index in [2.05, 4.69) is 5.32 Å². The minimum Gasteiger partial charge on any atom is -0.478 e. The van der Waals surface area contributed by atoms with Gasteiger partial charge in [-0.05, 0) is 47.2 Å². The number of hydrogen-bond acceptors (Lipinski definition) is 2. The molecule has 0 bridgehead atoms. The third kappa shape index (κ3) is 2.81. The Labute approximate surface area is 127 Å². The Kier molecular flexibility index (Phi) is 3.58. The zero-order valence-corrected chi connectivity index (χ0v) is 11.6. The van der Waals surface area contributed by atoms with E-state index in [0.29, 0.717) is 11.3 Å². The van der Waals surface area contributed by atoms with Gasteiger partial charge in [-0.1, -0.05) is 30.3 Å². The van der Waals surface area contributed by atoms with E-state index in [0.717, 1.165) is 10.8 Å². The van der Waals surface area contributed by atoms with Gasteiger partial charge >= 0.3 is 5.97 Å². The normalized spacial score (nSPS) is 10.4. The summed E-state index contributed by atoms with van der Waals surface area (Å²) in [4.78, 5) is 23.0. The molecule has 0 atom stereocenters. The maximum absolute atomic E-state index is 12.2. The molecule has 0 saturated heterocycles. The highest BCUT2D eigenvalue weighted by Crippen LogP contribution is 2.19. The van der Waals surface area contributed by atoms with E-state index in [-0.39, 0.29) is 11.5 Å². The van der Waals surface area contributed by atoms with Crippen molar-refractivity contribution >= 4 is 28.3 Å². The van der Waals surface area contributed by atoms with Crippen LogP contribution in [0.3, 0.4) is 0 Å². The van der Waals surface area contributed by atoms with Crippen LogP contribution in [-0.4, -0.2) is 17.0 Å². The van der Waals surface area contributed by atoms with Crippen LogP contribution in [0, 0.1) is 0 Å². The molecule has 1 amide bonds. The zero-order valence-electron chi connectivity index (χ0n) is 11.6. The van der Waals surface area contributed by atoms with Gasteiger partial charge in [-0.3, -0.25) is 4.79 Å². The van der Waals surface area contributed by atoms with Crippen molar-refractivity contribution in [3.05, 3.63) is 77.9 Å². The molecule has 22 heavy (non-hydrogen) atoms. The summed E-state index contributed by atoms with van der Waals surface area (Å²) >= 11 is 0. The maximum Gasteiger partial charge on any atom is 0.335 e. The van der Waals surface area contributed by atoms with Gasteiger partial charge in [0.05, 0.1) is 5.56 Å². The van der Waals surface area contributed by atoms with E-state index in [1.165, 1.54) is 24.3 Å². The fourth-order valence-electron chi connectivity index (χ4n) is 2.23. The summed E-state index contributed by atoms with van der Waals surface area (Å²) in [5, 5.41) is 13.8. The molecule has 0 aliphatic carbocycles. The summed E-state index contributed by atoms with van der Waals surface area (Å²) in [5.74, 6) is -1.28.